The van der Waals surface area contributed by atoms with Crippen LogP contribution in [0.2, 0.25) is 0 Å². The van der Waals surface area contributed by atoms with Gasteiger partial charge in [0.25, 0.3) is 0 Å². The number of hydrogen-bond donors (Lipinski definition) is 1. The molecule has 0 radical (unpaired) electrons. The third kappa shape index (κ3) is 1.99. The van der Waals surface area contributed by atoms with E-state index >= 15 is 0 Å². The van der Waals surface area contributed by atoms with Crippen molar-refractivity contribution >= 4 is 22.8 Å². The van der Waals surface area contributed by atoms with Crippen LogP contribution in [0.5, 0.6) is 0 Å². The summed E-state index contributed by atoms with van der Waals surface area (Å²) in [4.78, 5) is 0.805. The monoisotopic (exact) mass is 210 g/mol. The van der Waals surface area contributed by atoms with Crippen LogP contribution in [0.15, 0.2) is 35.5 Å². The maximum Gasteiger partial charge on any atom is 0.0714 e. The fraction of sp³-hybridized carbons (Fsp3) is 0. The molecule has 6 heteroatoms. The van der Waals surface area contributed by atoms with E-state index in [1.54, 1.807) is 12.4 Å². The molecule has 1 heterocycles. The maximum atomic E-state index is 7.98. The normalized spacial score (nSPS) is 10.6. The summed E-state index contributed by atoms with van der Waals surface area (Å²) in [5, 5.41) is 20.9. The smallest absolute Gasteiger partial charge is 0.0714 e. The average molecular weight is 210 g/mol. The fourth-order valence-electron chi connectivity index (χ4n) is 1.08. The van der Waals surface area contributed by atoms with Gasteiger partial charge in [0, 0.05) is 15.7 Å². The summed E-state index contributed by atoms with van der Waals surface area (Å²) in [6.45, 7) is 0. The van der Waals surface area contributed by atoms with E-state index < -0.39 is 0 Å². The first-order chi connectivity index (χ1) is 6.90. The predicted molar refractivity (Wildman–Crippen MR) is 50.2 cm³/mol. The first-order valence-electron chi connectivity index (χ1n) is 3.75. The Labute approximate surface area is 83.7 Å². The maximum absolute atomic E-state index is 7.98. The highest BCUT2D eigenvalue weighted by Crippen LogP contribution is 2.23. The summed E-state index contributed by atoms with van der Waals surface area (Å²) in [6, 6.07) is 5.56. The molecule has 14 heavy (non-hydrogen) atoms. The van der Waals surface area contributed by atoms with Gasteiger partial charge in [-0.1, -0.05) is 11.1 Å². The first kappa shape index (κ1) is 9.35. The Morgan fingerprint density at radius 3 is 2.71 bits per heavy atom. The summed E-state index contributed by atoms with van der Waals surface area (Å²) in [7, 11) is 0. The molecular formula is C8H6N2O3S. The summed E-state index contributed by atoms with van der Waals surface area (Å²) in [6.07, 6.45) is 3.33. The van der Waals surface area contributed by atoms with Crippen molar-refractivity contribution in [1.82, 2.24) is 10.2 Å². The first-order valence-corrected chi connectivity index (χ1v) is 4.49. The molecule has 2 aromatic rings. The minimum Gasteiger partial charge on any atom is -0.220 e. The molecule has 1 N–H and O–H groups in total. The Bertz CT molecular complexity index is 438. The Morgan fingerprint density at radius 1 is 1.14 bits per heavy atom. The molecule has 0 aliphatic rings. The number of rotatable bonds is 3. The van der Waals surface area contributed by atoms with Crippen LogP contribution in [-0.4, -0.2) is 15.5 Å². The van der Waals surface area contributed by atoms with Crippen LogP contribution in [-0.2, 0) is 9.37 Å². The molecule has 2 rings (SSSR count). The average Bonchev–Trinajstić information content (AvgIpc) is 2.26. The van der Waals surface area contributed by atoms with Crippen LogP contribution >= 0.6 is 12.0 Å². The quantitative estimate of drug-likeness (QED) is 0.475. The van der Waals surface area contributed by atoms with Gasteiger partial charge in [0.05, 0.1) is 24.4 Å². The van der Waals surface area contributed by atoms with Gasteiger partial charge in [0.2, 0.25) is 0 Å². The molecule has 5 nitrogen and oxygen atoms in total. The third-order valence-electron chi connectivity index (χ3n) is 1.68. The molecule has 0 spiro atoms. The molecule has 1 aromatic heterocycles. The van der Waals surface area contributed by atoms with Gasteiger partial charge < -0.3 is 0 Å². The van der Waals surface area contributed by atoms with Crippen LogP contribution in [0.4, 0.5) is 0 Å². The van der Waals surface area contributed by atoms with Crippen molar-refractivity contribution in [1.29, 1.82) is 0 Å². The van der Waals surface area contributed by atoms with Crippen molar-refractivity contribution in [2.24, 2.45) is 0 Å². The van der Waals surface area contributed by atoms with Crippen LogP contribution < -0.4 is 0 Å². The Hall–Kier alpha value is -1.21. The van der Waals surface area contributed by atoms with E-state index in [2.05, 4.69) is 19.6 Å². The lowest BCUT2D eigenvalue weighted by Gasteiger charge is -1.99. The number of hydrogen-bond acceptors (Lipinski definition) is 6. The fourth-order valence-corrected chi connectivity index (χ4v) is 1.49. The summed E-state index contributed by atoms with van der Waals surface area (Å²) >= 11 is 0.915. The summed E-state index contributed by atoms with van der Waals surface area (Å²) < 4.78 is 4.30. The molecule has 72 valence electrons. The molecule has 0 atom stereocenters. The van der Waals surface area contributed by atoms with Crippen LogP contribution in [0.1, 0.15) is 0 Å². The zero-order valence-electron chi connectivity index (χ0n) is 6.95. The van der Waals surface area contributed by atoms with Gasteiger partial charge in [-0.15, -0.1) is 4.33 Å². The van der Waals surface area contributed by atoms with E-state index in [1.165, 1.54) is 0 Å². The van der Waals surface area contributed by atoms with Crippen LogP contribution in [0.3, 0.4) is 0 Å². The Morgan fingerprint density at radius 2 is 1.93 bits per heavy atom. The molecular weight excluding hydrogens is 204 g/mol. The van der Waals surface area contributed by atoms with Gasteiger partial charge >= 0.3 is 0 Å². The zero-order chi connectivity index (χ0) is 9.80. The minimum atomic E-state index is 0.805. The van der Waals surface area contributed by atoms with Crippen molar-refractivity contribution in [3.63, 3.8) is 0 Å². The van der Waals surface area contributed by atoms with E-state index in [4.69, 9.17) is 5.26 Å². The van der Waals surface area contributed by atoms with Crippen LogP contribution in [0, 0.1) is 0 Å². The van der Waals surface area contributed by atoms with Crippen LogP contribution in [0.25, 0.3) is 10.8 Å². The van der Waals surface area contributed by atoms with E-state index in [9.17, 15) is 0 Å². The number of fused-ring (bicyclic) bond motifs is 1. The molecule has 1 aromatic carbocycles. The second-order valence-corrected chi connectivity index (χ2v) is 3.28. The minimum absolute atomic E-state index is 0.805. The SMILES string of the molecule is OOOSc1ccc2cnncc2c1. The lowest BCUT2D eigenvalue weighted by molar-refractivity contribution is -0.432. The topological polar surface area (TPSA) is 64.5 Å². The summed E-state index contributed by atoms with van der Waals surface area (Å²) in [5.41, 5.74) is 0. The number of nitrogens with zero attached hydrogens (tertiary/aromatic N) is 2. The molecule has 0 bridgehead atoms. The van der Waals surface area contributed by atoms with E-state index in [0.29, 0.717) is 0 Å². The largest absolute Gasteiger partial charge is 0.220 e. The van der Waals surface area contributed by atoms with Crippen molar-refractivity contribution in [3.05, 3.63) is 30.6 Å². The van der Waals surface area contributed by atoms with E-state index in [0.717, 1.165) is 27.7 Å². The van der Waals surface area contributed by atoms with Gasteiger partial charge in [-0.05, 0) is 12.1 Å². The van der Waals surface area contributed by atoms with E-state index in [-0.39, 0.29) is 0 Å². The molecule has 0 saturated carbocycles. The number of benzene rings is 1. The molecule has 0 aliphatic carbocycles. The lowest BCUT2D eigenvalue weighted by Crippen LogP contribution is -1.82. The molecule has 0 saturated heterocycles. The summed E-state index contributed by atoms with van der Waals surface area (Å²) in [5.74, 6) is 0. The molecule has 0 unspecified atom stereocenters. The molecule has 0 amide bonds. The van der Waals surface area contributed by atoms with Gasteiger partial charge in [-0.2, -0.15) is 10.2 Å². The van der Waals surface area contributed by atoms with Crippen molar-refractivity contribution in [2.75, 3.05) is 0 Å². The highest BCUT2D eigenvalue weighted by molar-refractivity contribution is 7.94. The second-order valence-electron chi connectivity index (χ2n) is 2.51. The third-order valence-corrected chi connectivity index (χ3v) is 2.25. The lowest BCUT2D eigenvalue weighted by atomic mass is 10.2. The van der Waals surface area contributed by atoms with Gasteiger partial charge in [0.15, 0.2) is 0 Å². The highest BCUT2D eigenvalue weighted by Gasteiger charge is 1.98. The molecule has 0 fully saturated rings. The number of aromatic nitrogens is 2. The Kier molecular flexibility index (Phi) is 2.90. The van der Waals surface area contributed by atoms with Gasteiger partial charge in [-0.25, -0.2) is 5.26 Å². The van der Waals surface area contributed by atoms with Crippen molar-refractivity contribution < 1.29 is 14.6 Å². The van der Waals surface area contributed by atoms with Gasteiger partial charge in [-0.3, -0.25) is 0 Å². The van der Waals surface area contributed by atoms with Crippen molar-refractivity contribution in [3.8, 4) is 0 Å². The van der Waals surface area contributed by atoms with Gasteiger partial charge in [0.1, 0.15) is 0 Å². The van der Waals surface area contributed by atoms with Crippen molar-refractivity contribution in [2.45, 2.75) is 4.90 Å². The standard InChI is InChI=1S/C8H6N2O3S/c11-12-13-14-8-2-1-6-4-9-10-5-7(6)3-8/h1-5,11H. The zero-order valence-corrected chi connectivity index (χ0v) is 7.77. The molecule has 0 aliphatic heterocycles. The second kappa shape index (κ2) is 4.34. The highest BCUT2D eigenvalue weighted by atomic mass is 32.2. The predicted octanol–water partition coefficient (Wildman–Crippen LogP) is 2.06. The van der Waals surface area contributed by atoms with E-state index in [1.807, 2.05) is 18.2 Å². The Balaban J connectivity index is 2.32.